The fourth-order valence-electron chi connectivity index (χ4n) is 4.57. The number of carbonyl (C=O) groups excluding carboxylic acids is 1. The molecule has 0 aliphatic heterocycles. The maximum atomic E-state index is 11.7. The molecule has 0 bridgehead atoms. The second kappa shape index (κ2) is 25.7. The molecule has 0 rings (SSSR count). The van der Waals surface area contributed by atoms with E-state index in [4.69, 9.17) is 0 Å². The van der Waals surface area contributed by atoms with Gasteiger partial charge in [-0.25, -0.2) is 0 Å². The topological polar surface area (TPSA) is 29.1 Å². The summed E-state index contributed by atoms with van der Waals surface area (Å²) in [6, 6.07) is 0. The summed E-state index contributed by atoms with van der Waals surface area (Å²) in [6.07, 6.45) is 31.3. The zero-order chi connectivity index (χ0) is 22.8. The van der Waals surface area contributed by atoms with Gasteiger partial charge >= 0.3 is 0 Å². The van der Waals surface area contributed by atoms with Gasteiger partial charge in [-0.1, -0.05) is 149 Å². The van der Waals surface area contributed by atoms with Crippen LogP contribution in [0.2, 0.25) is 0 Å². The van der Waals surface area contributed by atoms with Crippen molar-refractivity contribution in [2.45, 2.75) is 168 Å². The Balaban J connectivity index is 3.74. The molecule has 0 aliphatic carbocycles. The first-order valence-corrected chi connectivity index (χ1v) is 14.5. The van der Waals surface area contributed by atoms with Crippen LogP contribution in [0.4, 0.5) is 0 Å². The van der Waals surface area contributed by atoms with Crippen LogP contribution in [-0.4, -0.2) is 12.5 Å². The third kappa shape index (κ3) is 24.0. The summed E-state index contributed by atoms with van der Waals surface area (Å²) in [6.45, 7) is 7.44. The molecule has 0 saturated carbocycles. The third-order valence-electron chi connectivity index (χ3n) is 6.84. The molecular weight excluding hydrogens is 378 g/mol. The van der Waals surface area contributed by atoms with Gasteiger partial charge in [0.15, 0.2) is 0 Å². The molecule has 0 fully saturated rings. The Morgan fingerprint density at radius 1 is 0.516 bits per heavy atom. The summed E-state index contributed by atoms with van der Waals surface area (Å²) >= 11 is 0. The Morgan fingerprint density at radius 3 is 1.16 bits per heavy atom. The summed E-state index contributed by atoms with van der Waals surface area (Å²) in [7, 11) is 0. The number of amides is 1. The molecular formula is C29H59NO. The van der Waals surface area contributed by atoms with E-state index in [9.17, 15) is 4.79 Å². The minimum absolute atomic E-state index is 0.219. The van der Waals surface area contributed by atoms with Gasteiger partial charge in [0.2, 0.25) is 5.91 Å². The van der Waals surface area contributed by atoms with Crippen molar-refractivity contribution in [2.75, 3.05) is 6.54 Å². The summed E-state index contributed by atoms with van der Waals surface area (Å²) in [4.78, 5) is 11.7. The molecule has 0 spiro atoms. The zero-order valence-electron chi connectivity index (χ0n) is 22.0. The molecule has 186 valence electrons. The van der Waals surface area contributed by atoms with Gasteiger partial charge in [-0.15, -0.1) is 0 Å². The Kier molecular flexibility index (Phi) is 25.3. The van der Waals surface area contributed by atoms with Gasteiger partial charge in [0, 0.05) is 13.0 Å². The van der Waals surface area contributed by atoms with Crippen molar-refractivity contribution in [3.05, 3.63) is 0 Å². The number of carbonyl (C=O) groups is 1. The molecule has 0 heterocycles. The lowest BCUT2D eigenvalue weighted by Gasteiger charge is -2.17. The van der Waals surface area contributed by atoms with Gasteiger partial charge in [0.05, 0.1) is 0 Å². The molecule has 0 saturated heterocycles. The summed E-state index contributed by atoms with van der Waals surface area (Å²) in [5.74, 6) is 0.912. The maximum absolute atomic E-state index is 11.7. The van der Waals surface area contributed by atoms with Gasteiger partial charge in [-0.2, -0.15) is 0 Å². The monoisotopic (exact) mass is 437 g/mol. The van der Waals surface area contributed by atoms with Crippen molar-refractivity contribution in [1.29, 1.82) is 0 Å². The van der Waals surface area contributed by atoms with E-state index in [1.165, 1.54) is 141 Å². The average molecular weight is 438 g/mol. The predicted molar refractivity (Wildman–Crippen MR) is 140 cm³/mol. The molecule has 1 N–H and O–H groups in total. The van der Waals surface area contributed by atoms with Gasteiger partial charge in [0.25, 0.3) is 0 Å². The molecule has 0 aromatic carbocycles. The van der Waals surface area contributed by atoms with Gasteiger partial charge < -0.3 is 5.32 Å². The van der Waals surface area contributed by atoms with Crippen LogP contribution in [0.1, 0.15) is 168 Å². The van der Waals surface area contributed by atoms with Gasteiger partial charge in [0.1, 0.15) is 0 Å². The molecule has 1 amide bonds. The fourth-order valence-corrected chi connectivity index (χ4v) is 4.57. The van der Waals surface area contributed by atoms with Crippen molar-refractivity contribution in [2.24, 2.45) is 5.92 Å². The highest BCUT2D eigenvalue weighted by Crippen LogP contribution is 2.19. The molecule has 0 unspecified atom stereocenters. The molecule has 2 nitrogen and oxygen atoms in total. The minimum Gasteiger partial charge on any atom is -0.356 e. The number of unbranched alkanes of at least 4 members (excludes halogenated alkanes) is 18. The van der Waals surface area contributed by atoms with Crippen LogP contribution in [0.25, 0.3) is 0 Å². The smallest absolute Gasteiger partial charge is 0.219 e. The summed E-state index contributed by atoms with van der Waals surface area (Å²) in [5, 5.41) is 3.16. The number of rotatable bonds is 25. The first kappa shape index (κ1) is 30.5. The summed E-state index contributed by atoms with van der Waals surface area (Å²) in [5.41, 5.74) is 0. The Morgan fingerprint density at radius 2 is 0.839 bits per heavy atom. The van der Waals surface area contributed by atoms with Crippen molar-refractivity contribution < 1.29 is 4.79 Å². The lowest BCUT2D eigenvalue weighted by Crippen LogP contribution is -2.28. The molecule has 31 heavy (non-hydrogen) atoms. The normalized spacial score (nSPS) is 11.4. The van der Waals surface area contributed by atoms with E-state index in [1.54, 1.807) is 0 Å². The van der Waals surface area contributed by atoms with Crippen LogP contribution in [-0.2, 0) is 4.79 Å². The van der Waals surface area contributed by atoms with Crippen molar-refractivity contribution >= 4 is 5.91 Å². The van der Waals surface area contributed by atoms with Crippen molar-refractivity contribution in [3.8, 4) is 0 Å². The SMILES string of the molecule is CCCCCCCCCCCCC(CCCCCCCCCCCC)CNC(=O)CC. The van der Waals surface area contributed by atoms with E-state index >= 15 is 0 Å². The van der Waals surface area contributed by atoms with E-state index in [0.717, 1.165) is 6.54 Å². The second-order valence-corrected chi connectivity index (χ2v) is 9.96. The largest absolute Gasteiger partial charge is 0.356 e. The second-order valence-electron chi connectivity index (χ2n) is 9.96. The number of hydrogen-bond acceptors (Lipinski definition) is 1. The highest BCUT2D eigenvalue weighted by Gasteiger charge is 2.10. The number of hydrogen-bond donors (Lipinski definition) is 1. The first-order valence-electron chi connectivity index (χ1n) is 14.5. The zero-order valence-corrected chi connectivity index (χ0v) is 22.0. The molecule has 0 aromatic heterocycles. The van der Waals surface area contributed by atoms with Crippen LogP contribution in [0.15, 0.2) is 0 Å². The van der Waals surface area contributed by atoms with E-state index in [2.05, 4.69) is 19.2 Å². The molecule has 2 heteroatoms. The molecule has 0 atom stereocenters. The Hall–Kier alpha value is -0.530. The van der Waals surface area contributed by atoms with E-state index < -0.39 is 0 Å². The van der Waals surface area contributed by atoms with Crippen LogP contribution in [0, 0.1) is 5.92 Å². The fraction of sp³-hybridized carbons (Fsp3) is 0.966. The lowest BCUT2D eigenvalue weighted by molar-refractivity contribution is -0.120. The van der Waals surface area contributed by atoms with Crippen LogP contribution < -0.4 is 5.32 Å². The summed E-state index contributed by atoms with van der Waals surface area (Å²) < 4.78 is 0. The van der Waals surface area contributed by atoms with E-state index in [1.807, 2.05) is 6.92 Å². The first-order chi connectivity index (χ1) is 15.2. The minimum atomic E-state index is 0.219. The quantitative estimate of drug-likeness (QED) is 0.141. The van der Waals surface area contributed by atoms with Gasteiger partial charge in [-0.05, 0) is 18.8 Å². The maximum Gasteiger partial charge on any atom is 0.219 e. The molecule has 0 radical (unpaired) electrons. The van der Waals surface area contributed by atoms with E-state index in [0.29, 0.717) is 12.3 Å². The van der Waals surface area contributed by atoms with Crippen molar-refractivity contribution in [1.82, 2.24) is 5.32 Å². The van der Waals surface area contributed by atoms with Crippen molar-refractivity contribution in [3.63, 3.8) is 0 Å². The third-order valence-corrected chi connectivity index (χ3v) is 6.84. The number of nitrogens with one attached hydrogen (secondary N) is 1. The lowest BCUT2D eigenvalue weighted by atomic mass is 9.93. The van der Waals surface area contributed by atoms with Gasteiger partial charge in [-0.3, -0.25) is 4.79 Å². The highest BCUT2D eigenvalue weighted by molar-refractivity contribution is 5.75. The van der Waals surface area contributed by atoms with Crippen LogP contribution in [0.5, 0.6) is 0 Å². The Labute approximate surface area is 197 Å². The van der Waals surface area contributed by atoms with Crippen LogP contribution >= 0.6 is 0 Å². The highest BCUT2D eigenvalue weighted by atomic mass is 16.1. The van der Waals surface area contributed by atoms with Crippen LogP contribution in [0.3, 0.4) is 0 Å². The predicted octanol–water partition coefficient (Wildman–Crippen LogP) is 9.75. The standard InChI is InChI=1S/C29H59NO/c1-4-7-9-11-13-15-17-19-21-23-25-28(27-30-29(31)6-3)26-24-22-20-18-16-14-12-10-8-5-2/h28H,4-27H2,1-3H3,(H,30,31). The Bertz CT molecular complexity index is 331. The van der Waals surface area contributed by atoms with E-state index in [-0.39, 0.29) is 5.91 Å². The average Bonchev–Trinajstić information content (AvgIpc) is 2.78. The molecule has 0 aromatic rings. The molecule has 0 aliphatic rings.